The molecule has 0 aromatic heterocycles. The van der Waals surface area contributed by atoms with E-state index in [1.54, 1.807) is 12.1 Å². The monoisotopic (exact) mass is 345 g/mol. The molecule has 1 saturated carbocycles. The fourth-order valence-corrected chi connectivity index (χ4v) is 3.62. The molecule has 0 amide bonds. The summed E-state index contributed by atoms with van der Waals surface area (Å²) in [6.07, 6.45) is -0.395. The van der Waals surface area contributed by atoms with Crippen LogP contribution in [0.15, 0.2) is 24.3 Å². The molecule has 2 N–H and O–H groups in total. The summed E-state index contributed by atoms with van der Waals surface area (Å²) < 4.78 is 10.7. The van der Waals surface area contributed by atoms with Gasteiger partial charge in [0.05, 0.1) is 11.6 Å². The minimum absolute atomic E-state index is 0.0131. The summed E-state index contributed by atoms with van der Waals surface area (Å²) in [5, 5.41) is 27.0. The number of hydrogen-bond acceptors (Lipinski definition) is 5. The molecular formula is C18H19NO6. The minimum Gasteiger partial charge on any atom is -0.479 e. The molecule has 1 saturated heterocycles. The molecule has 0 spiro atoms. The van der Waals surface area contributed by atoms with Crippen molar-refractivity contribution in [3.8, 4) is 6.07 Å². The van der Waals surface area contributed by atoms with E-state index >= 15 is 0 Å². The second-order valence-corrected chi connectivity index (χ2v) is 6.50. The first-order chi connectivity index (χ1) is 12.0. The van der Waals surface area contributed by atoms with Crippen molar-refractivity contribution in [1.29, 1.82) is 5.26 Å². The molecule has 3 rings (SSSR count). The number of nitriles is 1. The van der Waals surface area contributed by atoms with Gasteiger partial charge in [0.1, 0.15) is 0 Å². The van der Waals surface area contributed by atoms with E-state index in [1.165, 1.54) is 5.56 Å². The highest BCUT2D eigenvalue weighted by atomic mass is 16.7. The molecule has 1 heterocycles. The topological polar surface area (TPSA) is 117 Å². The smallest absolute Gasteiger partial charge is 0.336 e. The minimum atomic E-state index is -1.46. The van der Waals surface area contributed by atoms with Crippen LogP contribution in [0, 0.1) is 17.2 Å². The molecule has 1 aliphatic carbocycles. The van der Waals surface area contributed by atoms with Crippen molar-refractivity contribution in [3.63, 3.8) is 0 Å². The largest absolute Gasteiger partial charge is 0.479 e. The fourth-order valence-electron chi connectivity index (χ4n) is 3.62. The van der Waals surface area contributed by atoms with Crippen LogP contribution in [0.1, 0.15) is 42.7 Å². The Balaban J connectivity index is 1.59. The molecule has 0 unspecified atom stereocenters. The number of benzene rings is 1. The van der Waals surface area contributed by atoms with E-state index in [4.69, 9.17) is 24.9 Å². The van der Waals surface area contributed by atoms with Crippen LogP contribution in [0.3, 0.4) is 0 Å². The lowest BCUT2D eigenvalue weighted by Gasteiger charge is -2.31. The number of aliphatic carboxylic acids is 2. The second-order valence-electron chi connectivity index (χ2n) is 6.50. The van der Waals surface area contributed by atoms with Crippen LogP contribution in [-0.2, 0) is 19.1 Å². The Hall–Kier alpha value is -2.43. The highest BCUT2D eigenvalue weighted by Gasteiger charge is 2.48. The number of carboxylic acids is 2. The van der Waals surface area contributed by atoms with Gasteiger partial charge in [0.25, 0.3) is 0 Å². The van der Waals surface area contributed by atoms with Crippen LogP contribution in [0.4, 0.5) is 0 Å². The molecule has 2 fully saturated rings. The van der Waals surface area contributed by atoms with E-state index in [-0.39, 0.29) is 5.92 Å². The van der Waals surface area contributed by atoms with Crippen molar-refractivity contribution in [2.24, 2.45) is 5.92 Å². The summed E-state index contributed by atoms with van der Waals surface area (Å²) in [6, 6.07) is 9.64. The molecule has 0 radical (unpaired) electrons. The Kier molecular flexibility index (Phi) is 5.02. The number of carbonyl (C=O) groups is 2. The van der Waals surface area contributed by atoms with Gasteiger partial charge in [0, 0.05) is 5.92 Å². The van der Waals surface area contributed by atoms with E-state index < -0.39 is 30.4 Å². The van der Waals surface area contributed by atoms with Gasteiger partial charge in [0.2, 0.25) is 0 Å². The molecular weight excluding hydrogens is 326 g/mol. The first kappa shape index (κ1) is 17.4. The van der Waals surface area contributed by atoms with Gasteiger partial charge in [-0.05, 0) is 49.3 Å². The quantitative estimate of drug-likeness (QED) is 0.858. The van der Waals surface area contributed by atoms with Crippen LogP contribution >= 0.6 is 0 Å². The third kappa shape index (κ3) is 3.65. The molecule has 132 valence electrons. The molecule has 1 aliphatic heterocycles. The predicted molar refractivity (Wildman–Crippen MR) is 84.7 cm³/mol. The number of hydrogen-bond donors (Lipinski definition) is 2. The van der Waals surface area contributed by atoms with E-state index in [1.807, 2.05) is 12.1 Å². The zero-order chi connectivity index (χ0) is 18.0. The maximum absolute atomic E-state index is 11.1. The highest BCUT2D eigenvalue weighted by Crippen LogP contribution is 2.40. The van der Waals surface area contributed by atoms with E-state index in [0.717, 1.165) is 25.7 Å². The van der Waals surface area contributed by atoms with Crippen molar-refractivity contribution in [1.82, 2.24) is 0 Å². The van der Waals surface area contributed by atoms with Crippen LogP contribution in [0.5, 0.6) is 0 Å². The summed E-state index contributed by atoms with van der Waals surface area (Å²) in [7, 11) is 0. The van der Waals surface area contributed by atoms with Gasteiger partial charge in [0.15, 0.2) is 18.5 Å². The molecule has 1 aromatic carbocycles. The first-order valence-electron chi connectivity index (χ1n) is 8.26. The Bertz CT molecular complexity index is 665. The molecule has 7 heteroatoms. The zero-order valence-electron chi connectivity index (χ0n) is 13.5. The van der Waals surface area contributed by atoms with Crippen molar-refractivity contribution < 1.29 is 29.3 Å². The lowest BCUT2D eigenvalue weighted by molar-refractivity contribution is -0.156. The molecule has 25 heavy (non-hydrogen) atoms. The van der Waals surface area contributed by atoms with Crippen LogP contribution in [0.2, 0.25) is 0 Å². The van der Waals surface area contributed by atoms with E-state index in [0.29, 0.717) is 11.5 Å². The van der Waals surface area contributed by atoms with Gasteiger partial charge < -0.3 is 19.7 Å². The Morgan fingerprint density at radius 3 is 1.92 bits per heavy atom. The van der Waals surface area contributed by atoms with Crippen LogP contribution in [-0.4, -0.2) is 40.6 Å². The summed E-state index contributed by atoms with van der Waals surface area (Å²) in [5.74, 6) is -2.28. The summed E-state index contributed by atoms with van der Waals surface area (Å²) in [4.78, 5) is 22.3. The van der Waals surface area contributed by atoms with Crippen LogP contribution in [0.25, 0.3) is 0 Å². The number of rotatable bonds is 4. The van der Waals surface area contributed by atoms with Crippen molar-refractivity contribution in [3.05, 3.63) is 35.4 Å². The molecule has 7 nitrogen and oxygen atoms in total. The van der Waals surface area contributed by atoms with Gasteiger partial charge in [-0.1, -0.05) is 12.1 Å². The first-order valence-corrected chi connectivity index (χ1v) is 8.26. The molecule has 2 aliphatic rings. The highest BCUT2D eigenvalue weighted by molar-refractivity contribution is 5.84. The van der Waals surface area contributed by atoms with Gasteiger partial charge in [-0.25, -0.2) is 9.59 Å². The van der Waals surface area contributed by atoms with Gasteiger partial charge in [-0.2, -0.15) is 5.26 Å². The predicted octanol–water partition coefficient (Wildman–Crippen LogP) is 2.11. The Labute approximate surface area is 144 Å². The lowest BCUT2D eigenvalue weighted by atomic mass is 9.78. The molecule has 1 aromatic rings. The Morgan fingerprint density at radius 1 is 0.960 bits per heavy atom. The van der Waals surface area contributed by atoms with E-state index in [9.17, 15) is 9.59 Å². The van der Waals surface area contributed by atoms with Gasteiger partial charge in [-0.15, -0.1) is 0 Å². The van der Waals surface area contributed by atoms with Crippen LogP contribution < -0.4 is 0 Å². The van der Waals surface area contributed by atoms with Crippen molar-refractivity contribution in [2.45, 2.75) is 50.1 Å². The van der Waals surface area contributed by atoms with Gasteiger partial charge in [-0.3, -0.25) is 0 Å². The second kappa shape index (κ2) is 7.21. The van der Waals surface area contributed by atoms with Gasteiger partial charge >= 0.3 is 11.9 Å². The summed E-state index contributed by atoms with van der Waals surface area (Å²) in [6.45, 7) is 0. The standard InChI is InChI=1S/C18H19NO6/c19-9-10-1-3-11(4-2-10)12-5-7-13(8-6-12)18-24-14(16(20)21)15(25-18)17(22)23/h1-4,12-15,18H,5-8H2,(H,20,21)(H,22,23)/t12?,13?,14-,15-/m0/s1. The maximum atomic E-state index is 11.1. The average Bonchev–Trinajstić information content (AvgIpc) is 3.08. The average molecular weight is 345 g/mol. The number of carboxylic acid groups (broad SMARTS) is 2. The van der Waals surface area contributed by atoms with E-state index in [2.05, 4.69) is 6.07 Å². The number of nitrogens with zero attached hydrogens (tertiary/aromatic N) is 1. The third-order valence-corrected chi connectivity index (χ3v) is 4.99. The third-order valence-electron chi connectivity index (χ3n) is 4.99. The fraction of sp³-hybridized carbons (Fsp3) is 0.500. The zero-order valence-corrected chi connectivity index (χ0v) is 13.5. The van der Waals surface area contributed by atoms with Crippen molar-refractivity contribution in [2.75, 3.05) is 0 Å². The van der Waals surface area contributed by atoms with Crippen molar-refractivity contribution >= 4 is 11.9 Å². The molecule has 2 atom stereocenters. The normalized spacial score (nSPS) is 29.9. The molecule has 0 bridgehead atoms. The summed E-state index contributed by atoms with van der Waals surface area (Å²) in [5.41, 5.74) is 1.81. The number of ether oxygens (including phenoxy) is 2. The maximum Gasteiger partial charge on any atom is 0.336 e. The Morgan fingerprint density at radius 2 is 1.48 bits per heavy atom. The summed E-state index contributed by atoms with van der Waals surface area (Å²) >= 11 is 0. The SMILES string of the molecule is N#Cc1ccc(C2CCC(C3O[C@H](C(=O)O)[C@@H](C(=O)O)O3)CC2)cc1. The lowest BCUT2D eigenvalue weighted by Crippen LogP contribution is -2.36.